The number of rotatable bonds is 3. The van der Waals surface area contributed by atoms with Gasteiger partial charge in [-0.2, -0.15) is 0 Å². The molecular formula is C14H19N3O4. The highest BCUT2D eigenvalue weighted by Crippen LogP contribution is 2.25. The molecule has 1 aromatic rings. The normalized spacial score (nSPS) is 23.5. The lowest BCUT2D eigenvalue weighted by atomic mass is 10.0. The zero-order chi connectivity index (χ0) is 14.8. The minimum atomic E-state index is -0.220. The van der Waals surface area contributed by atoms with Gasteiger partial charge in [0.05, 0.1) is 12.2 Å². The zero-order valence-electron chi connectivity index (χ0n) is 12.0. The molecule has 0 spiro atoms. The number of carbonyl (C=O) groups excluding carboxylic acids is 2. The lowest BCUT2D eigenvalue weighted by Crippen LogP contribution is -2.49. The summed E-state index contributed by atoms with van der Waals surface area (Å²) in [5.41, 5.74) is 0. The maximum Gasteiger partial charge on any atom is 0.410 e. The van der Waals surface area contributed by atoms with E-state index < -0.39 is 0 Å². The third kappa shape index (κ3) is 2.59. The van der Waals surface area contributed by atoms with Gasteiger partial charge in [0, 0.05) is 25.2 Å². The van der Waals surface area contributed by atoms with Gasteiger partial charge in [0.25, 0.3) is 5.91 Å². The largest absolute Gasteiger partial charge is 0.447 e. The van der Waals surface area contributed by atoms with Crippen LogP contribution in [0.5, 0.6) is 0 Å². The maximum atomic E-state index is 12.2. The fraction of sp³-hybridized carbons (Fsp3) is 0.643. The van der Waals surface area contributed by atoms with Crippen LogP contribution in [0.3, 0.4) is 0 Å². The number of piperidine rings is 1. The summed E-state index contributed by atoms with van der Waals surface area (Å²) in [6.07, 6.45) is 3.67. The highest BCUT2D eigenvalue weighted by Gasteiger charge is 2.39. The summed E-state index contributed by atoms with van der Waals surface area (Å²) in [4.78, 5) is 27.6. The van der Waals surface area contributed by atoms with Gasteiger partial charge in [-0.05, 0) is 19.3 Å². The number of nitrogens with zero attached hydrogens (tertiary/aromatic N) is 3. The van der Waals surface area contributed by atoms with Gasteiger partial charge in [-0.3, -0.25) is 9.69 Å². The Morgan fingerprint density at radius 3 is 2.81 bits per heavy atom. The lowest BCUT2D eigenvalue weighted by molar-refractivity contribution is 0.0597. The van der Waals surface area contributed by atoms with Crippen LogP contribution in [0.2, 0.25) is 0 Å². The van der Waals surface area contributed by atoms with E-state index in [0.29, 0.717) is 19.7 Å². The van der Waals surface area contributed by atoms with E-state index in [4.69, 9.17) is 9.26 Å². The second-order valence-corrected chi connectivity index (χ2v) is 5.45. The smallest absolute Gasteiger partial charge is 0.410 e. The van der Waals surface area contributed by atoms with Gasteiger partial charge in [-0.1, -0.05) is 12.1 Å². The van der Waals surface area contributed by atoms with Crippen molar-refractivity contribution in [3.8, 4) is 0 Å². The van der Waals surface area contributed by atoms with Gasteiger partial charge < -0.3 is 14.2 Å². The van der Waals surface area contributed by atoms with E-state index in [1.54, 1.807) is 11.0 Å². The van der Waals surface area contributed by atoms with Crippen LogP contribution in [0, 0.1) is 0 Å². The SMILES string of the molecule is CCC1COC(=O)N1C1CCN(C(=O)c2ccno2)CC1. The first-order chi connectivity index (χ1) is 10.2. The third-order valence-corrected chi connectivity index (χ3v) is 4.27. The van der Waals surface area contributed by atoms with E-state index in [9.17, 15) is 9.59 Å². The van der Waals surface area contributed by atoms with Crippen LogP contribution in [0.25, 0.3) is 0 Å². The molecule has 2 aliphatic heterocycles. The van der Waals surface area contributed by atoms with E-state index in [1.165, 1.54) is 6.20 Å². The Kier molecular flexibility index (Phi) is 3.81. The van der Waals surface area contributed by atoms with Gasteiger partial charge in [0.1, 0.15) is 6.61 Å². The van der Waals surface area contributed by atoms with Crippen molar-refractivity contribution in [3.05, 3.63) is 18.0 Å². The number of carbonyl (C=O) groups is 2. The van der Waals surface area contributed by atoms with Crippen LogP contribution in [-0.4, -0.2) is 58.7 Å². The van der Waals surface area contributed by atoms with Crippen molar-refractivity contribution in [2.45, 2.75) is 38.3 Å². The van der Waals surface area contributed by atoms with Gasteiger partial charge >= 0.3 is 6.09 Å². The number of hydrogen-bond donors (Lipinski definition) is 0. The van der Waals surface area contributed by atoms with E-state index in [1.807, 2.05) is 4.90 Å². The fourth-order valence-corrected chi connectivity index (χ4v) is 3.06. The number of amides is 2. The molecule has 1 unspecified atom stereocenters. The van der Waals surface area contributed by atoms with Gasteiger partial charge in [-0.15, -0.1) is 0 Å². The van der Waals surface area contributed by atoms with Crippen molar-refractivity contribution >= 4 is 12.0 Å². The van der Waals surface area contributed by atoms with Gasteiger partial charge in [0.2, 0.25) is 5.76 Å². The topological polar surface area (TPSA) is 75.9 Å². The molecule has 1 aromatic heterocycles. The first-order valence-corrected chi connectivity index (χ1v) is 7.35. The van der Waals surface area contributed by atoms with Crippen LogP contribution in [0.15, 0.2) is 16.8 Å². The molecular weight excluding hydrogens is 274 g/mol. The minimum absolute atomic E-state index is 0.137. The van der Waals surface area contributed by atoms with Crippen molar-refractivity contribution in [2.75, 3.05) is 19.7 Å². The van der Waals surface area contributed by atoms with Crippen LogP contribution in [0.1, 0.15) is 36.7 Å². The molecule has 0 radical (unpaired) electrons. The van der Waals surface area contributed by atoms with Crippen LogP contribution in [0.4, 0.5) is 4.79 Å². The van der Waals surface area contributed by atoms with Crippen molar-refractivity contribution in [2.24, 2.45) is 0 Å². The quantitative estimate of drug-likeness (QED) is 0.844. The number of aromatic nitrogens is 1. The van der Waals surface area contributed by atoms with E-state index in [-0.39, 0.29) is 29.8 Å². The third-order valence-electron chi connectivity index (χ3n) is 4.27. The van der Waals surface area contributed by atoms with Gasteiger partial charge in [0.15, 0.2) is 0 Å². The molecule has 114 valence electrons. The second kappa shape index (κ2) is 5.75. The molecule has 21 heavy (non-hydrogen) atoms. The molecule has 3 rings (SSSR count). The average Bonchev–Trinajstić information content (AvgIpc) is 3.16. The number of hydrogen-bond acceptors (Lipinski definition) is 5. The highest BCUT2D eigenvalue weighted by molar-refractivity contribution is 5.91. The summed E-state index contributed by atoms with van der Waals surface area (Å²) in [6.45, 7) is 3.77. The van der Waals surface area contributed by atoms with Crippen LogP contribution < -0.4 is 0 Å². The lowest BCUT2D eigenvalue weighted by Gasteiger charge is -2.37. The van der Waals surface area contributed by atoms with Crippen LogP contribution in [-0.2, 0) is 4.74 Å². The number of likely N-dealkylation sites (tertiary alicyclic amines) is 1. The van der Waals surface area contributed by atoms with E-state index in [2.05, 4.69) is 12.1 Å². The Hall–Kier alpha value is -2.05. The monoisotopic (exact) mass is 293 g/mol. The van der Waals surface area contributed by atoms with Crippen molar-refractivity contribution < 1.29 is 18.8 Å². The first kappa shape index (κ1) is 13.9. The second-order valence-electron chi connectivity index (χ2n) is 5.45. The Balaban J connectivity index is 1.60. The number of ether oxygens (including phenoxy) is 1. The van der Waals surface area contributed by atoms with Crippen molar-refractivity contribution in [1.82, 2.24) is 15.0 Å². The molecule has 2 fully saturated rings. The molecule has 3 heterocycles. The standard InChI is InChI=1S/C14H19N3O4/c1-2-10-9-20-14(19)17(10)11-4-7-16(8-5-11)13(18)12-3-6-15-21-12/h3,6,10-11H,2,4-5,7-9H2,1H3. The molecule has 0 bridgehead atoms. The summed E-state index contributed by atoms with van der Waals surface area (Å²) in [7, 11) is 0. The van der Waals surface area contributed by atoms with Crippen molar-refractivity contribution in [3.63, 3.8) is 0 Å². The Labute approximate surface area is 122 Å². The Morgan fingerprint density at radius 1 is 1.43 bits per heavy atom. The summed E-state index contributed by atoms with van der Waals surface area (Å²) in [6, 6.07) is 1.89. The molecule has 1 atom stereocenters. The maximum absolute atomic E-state index is 12.2. The molecule has 0 aromatic carbocycles. The first-order valence-electron chi connectivity index (χ1n) is 7.35. The molecule has 7 nitrogen and oxygen atoms in total. The van der Waals surface area contributed by atoms with Crippen LogP contribution >= 0.6 is 0 Å². The molecule has 0 N–H and O–H groups in total. The molecule has 2 amide bonds. The summed E-state index contributed by atoms with van der Waals surface area (Å²) in [5.74, 6) is 0.127. The molecule has 2 aliphatic rings. The summed E-state index contributed by atoms with van der Waals surface area (Å²) >= 11 is 0. The molecule has 0 saturated carbocycles. The summed E-state index contributed by atoms with van der Waals surface area (Å²) in [5, 5.41) is 3.56. The fourth-order valence-electron chi connectivity index (χ4n) is 3.06. The predicted octanol–water partition coefficient (Wildman–Crippen LogP) is 1.51. The number of cyclic esters (lactones) is 1. The van der Waals surface area contributed by atoms with Gasteiger partial charge in [-0.25, -0.2) is 4.79 Å². The predicted molar refractivity (Wildman–Crippen MR) is 72.7 cm³/mol. The zero-order valence-corrected chi connectivity index (χ0v) is 12.0. The van der Waals surface area contributed by atoms with Crippen molar-refractivity contribution in [1.29, 1.82) is 0 Å². The van der Waals surface area contributed by atoms with E-state index in [0.717, 1.165) is 19.3 Å². The molecule has 0 aliphatic carbocycles. The molecule has 2 saturated heterocycles. The summed E-state index contributed by atoms with van der Waals surface area (Å²) < 4.78 is 10.0. The Morgan fingerprint density at radius 2 is 2.19 bits per heavy atom. The highest BCUT2D eigenvalue weighted by atomic mass is 16.6. The van der Waals surface area contributed by atoms with E-state index >= 15 is 0 Å². The molecule has 7 heteroatoms. The average molecular weight is 293 g/mol. The Bertz CT molecular complexity index is 508. The minimum Gasteiger partial charge on any atom is -0.447 e.